The van der Waals surface area contributed by atoms with E-state index in [1.54, 1.807) is 6.07 Å². The number of rotatable bonds is 6. The number of benzene rings is 6. The highest BCUT2D eigenvalue weighted by Crippen LogP contribution is 2.43. The van der Waals surface area contributed by atoms with Gasteiger partial charge >= 0.3 is 0 Å². The summed E-state index contributed by atoms with van der Waals surface area (Å²) in [5.41, 5.74) is 14.0. The van der Waals surface area contributed by atoms with E-state index in [9.17, 15) is 0 Å². The van der Waals surface area contributed by atoms with Gasteiger partial charge in [-0.25, -0.2) is 4.57 Å². The smallest absolute Gasteiger partial charge is 0.299 e. The number of fused-ring (bicyclic) bond motifs is 4. The van der Waals surface area contributed by atoms with Gasteiger partial charge in [-0.3, -0.25) is 0 Å². The number of imidazole rings is 1. The molecule has 0 aliphatic rings. The van der Waals surface area contributed by atoms with Crippen LogP contribution < -0.4 is 4.57 Å². The molecule has 2 heterocycles. The van der Waals surface area contributed by atoms with Crippen LogP contribution in [0.4, 0.5) is 0 Å². The number of aromatic nitrogens is 2. The van der Waals surface area contributed by atoms with Gasteiger partial charge in [0.1, 0.15) is 16.8 Å². The molecule has 0 radical (unpaired) electrons. The van der Waals surface area contributed by atoms with E-state index >= 15 is 0 Å². The Labute approximate surface area is 293 Å². The number of furan rings is 1. The Bertz CT molecular complexity index is 2600. The predicted molar refractivity (Wildman–Crippen MR) is 206 cm³/mol. The highest BCUT2D eigenvalue weighted by Gasteiger charge is 2.34. The van der Waals surface area contributed by atoms with Gasteiger partial charge in [-0.15, -0.1) is 0 Å². The topological polar surface area (TPSA) is 21.9 Å². The summed E-state index contributed by atoms with van der Waals surface area (Å²) in [6.45, 7) is 8.92. The number of hydrogen-bond acceptors (Lipinski definition) is 1. The van der Waals surface area contributed by atoms with Gasteiger partial charge in [0.25, 0.3) is 5.82 Å². The van der Waals surface area contributed by atoms with E-state index in [1.165, 1.54) is 39.1 Å². The van der Waals surface area contributed by atoms with Crippen LogP contribution in [-0.4, -0.2) is 4.57 Å². The third-order valence-electron chi connectivity index (χ3n) is 10.1. The van der Waals surface area contributed by atoms with Crippen LogP contribution >= 0.6 is 0 Å². The molecule has 0 saturated heterocycles. The van der Waals surface area contributed by atoms with E-state index in [1.807, 2.05) is 18.2 Å². The average molecular weight is 643 g/mol. The number of nitrogens with zero attached hydrogens (tertiary/aromatic N) is 2. The van der Waals surface area contributed by atoms with Crippen molar-refractivity contribution in [3.05, 3.63) is 144 Å². The molecule has 8 rings (SSSR count). The molecule has 0 amide bonds. The van der Waals surface area contributed by atoms with Crippen LogP contribution in [0.5, 0.6) is 0 Å². The summed E-state index contributed by atoms with van der Waals surface area (Å²) < 4.78 is 36.2. The lowest BCUT2D eigenvalue weighted by Crippen LogP contribution is -2.30. The molecule has 2 aromatic heterocycles. The summed E-state index contributed by atoms with van der Waals surface area (Å²) in [4.78, 5) is 0. The van der Waals surface area contributed by atoms with Crippen molar-refractivity contribution < 1.29 is 13.1 Å². The van der Waals surface area contributed by atoms with Crippen molar-refractivity contribution in [3.63, 3.8) is 0 Å². The molecule has 0 N–H and O–H groups in total. The van der Waals surface area contributed by atoms with Crippen molar-refractivity contribution in [2.45, 2.75) is 53.3 Å². The van der Waals surface area contributed by atoms with E-state index in [-0.39, 0.29) is 17.4 Å². The minimum Gasteiger partial charge on any atom is -0.455 e. The largest absolute Gasteiger partial charge is 0.455 e. The summed E-state index contributed by atoms with van der Waals surface area (Å²) in [5.74, 6) is 1.43. The van der Waals surface area contributed by atoms with E-state index in [4.69, 9.17) is 8.53 Å². The minimum atomic E-state index is -2.30. The Morgan fingerprint density at radius 3 is 1.90 bits per heavy atom. The maximum Gasteiger partial charge on any atom is 0.299 e. The Morgan fingerprint density at radius 1 is 0.612 bits per heavy atom. The molecule has 0 unspecified atom stereocenters. The SMILES string of the molecule is [2H]C([2H])([2H])c1cccc2c1oc1c(-c3n(-c4c(C(C)C)cc(-c5ccc(-c6ccccc6)cc5)cc4C(C)C)c4ccccc4[n+]3C)c(C)ccc12. The molecule has 0 saturated carbocycles. The van der Waals surface area contributed by atoms with Crippen LogP contribution in [0.3, 0.4) is 0 Å². The molecular weight excluding hydrogens is 597 g/mol. The third-order valence-corrected chi connectivity index (χ3v) is 10.1. The molecule has 242 valence electrons. The first-order valence-electron chi connectivity index (χ1n) is 18.7. The molecule has 0 fully saturated rings. The quantitative estimate of drug-likeness (QED) is 0.165. The van der Waals surface area contributed by atoms with Crippen LogP contribution in [-0.2, 0) is 7.05 Å². The van der Waals surface area contributed by atoms with E-state index in [0.29, 0.717) is 11.2 Å². The molecule has 0 bridgehead atoms. The van der Waals surface area contributed by atoms with Crippen LogP contribution in [0.15, 0.2) is 126 Å². The zero-order chi connectivity index (χ0) is 36.5. The Morgan fingerprint density at radius 2 is 1.22 bits per heavy atom. The summed E-state index contributed by atoms with van der Waals surface area (Å²) in [6, 6.07) is 42.3. The van der Waals surface area contributed by atoms with Gasteiger partial charge in [-0.05, 0) is 83.3 Å². The van der Waals surface area contributed by atoms with Crippen molar-refractivity contribution in [3.8, 4) is 39.3 Å². The van der Waals surface area contributed by atoms with Gasteiger partial charge < -0.3 is 4.42 Å². The zero-order valence-electron chi connectivity index (χ0n) is 32.0. The monoisotopic (exact) mass is 642 g/mol. The first kappa shape index (κ1) is 27.5. The zero-order valence-corrected chi connectivity index (χ0v) is 29.0. The molecule has 0 spiro atoms. The van der Waals surface area contributed by atoms with Gasteiger partial charge in [-0.2, -0.15) is 4.57 Å². The second-order valence-electron chi connectivity index (χ2n) is 13.9. The summed E-state index contributed by atoms with van der Waals surface area (Å²) in [6.07, 6.45) is 0. The van der Waals surface area contributed by atoms with Gasteiger partial charge in [0.2, 0.25) is 0 Å². The first-order valence-corrected chi connectivity index (χ1v) is 17.2. The summed E-state index contributed by atoms with van der Waals surface area (Å²) in [5, 5.41) is 1.71. The van der Waals surface area contributed by atoms with Gasteiger partial charge in [0, 0.05) is 26.0 Å². The average Bonchev–Trinajstić information content (AvgIpc) is 3.65. The molecular formula is C46H43N2O+. The van der Waals surface area contributed by atoms with Gasteiger partial charge in [0.05, 0.1) is 7.05 Å². The summed E-state index contributed by atoms with van der Waals surface area (Å²) >= 11 is 0. The Kier molecular flexibility index (Phi) is 6.70. The van der Waals surface area contributed by atoms with E-state index < -0.39 is 6.85 Å². The first-order chi connectivity index (χ1) is 24.9. The highest BCUT2D eigenvalue weighted by molar-refractivity contribution is 6.10. The van der Waals surface area contributed by atoms with Crippen molar-refractivity contribution in [2.24, 2.45) is 7.05 Å². The molecule has 0 aliphatic carbocycles. The fraction of sp³-hybridized carbons (Fsp3) is 0.196. The normalized spacial score (nSPS) is 13.1. The van der Waals surface area contributed by atoms with Crippen molar-refractivity contribution in [1.82, 2.24) is 4.57 Å². The van der Waals surface area contributed by atoms with Crippen molar-refractivity contribution >= 4 is 33.0 Å². The fourth-order valence-electron chi connectivity index (χ4n) is 7.53. The maximum atomic E-state index is 8.26. The minimum absolute atomic E-state index is 0.222. The van der Waals surface area contributed by atoms with Crippen molar-refractivity contribution in [2.75, 3.05) is 0 Å². The lowest BCUT2D eigenvalue weighted by molar-refractivity contribution is -0.633. The number of hydrogen-bond donors (Lipinski definition) is 0. The van der Waals surface area contributed by atoms with Gasteiger partial charge in [0.15, 0.2) is 16.6 Å². The van der Waals surface area contributed by atoms with E-state index in [0.717, 1.165) is 38.8 Å². The molecule has 8 aromatic rings. The lowest BCUT2D eigenvalue weighted by Gasteiger charge is -2.21. The van der Waals surface area contributed by atoms with E-state index in [2.05, 4.69) is 148 Å². The second-order valence-corrected chi connectivity index (χ2v) is 13.9. The van der Waals surface area contributed by atoms with Crippen LogP contribution in [0, 0.1) is 13.8 Å². The summed E-state index contributed by atoms with van der Waals surface area (Å²) in [7, 11) is 2.12. The Hall–Kier alpha value is -5.41. The Balaban J connectivity index is 1.43. The maximum absolute atomic E-state index is 8.26. The number of aryl methyl sites for hydroxylation is 3. The standard InChI is InChI=1S/C46H43N2O/c1-28(2)38-26-35(34-23-21-33(22-24-34)32-15-9-8-10-16-32)27-39(29(3)4)43(38)48-41-19-12-11-18-40(41)47(7)46(48)42-30(5)20-25-37-36-17-13-14-31(6)44(36)49-45(37)42/h8-29H,1-7H3/q+1/i6D3. The molecule has 6 aromatic carbocycles. The fourth-order valence-corrected chi connectivity index (χ4v) is 7.53. The molecule has 3 nitrogen and oxygen atoms in total. The van der Waals surface area contributed by atoms with Crippen LogP contribution in [0.2, 0.25) is 0 Å². The van der Waals surface area contributed by atoms with Crippen molar-refractivity contribution in [1.29, 1.82) is 0 Å². The lowest BCUT2D eigenvalue weighted by atomic mass is 9.87. The van der Waals surface area contributed by atoms with Gasteiger partial charge in [-0.1, -0.05) is 125 Å². The molecule has 49 heavy (non-hydrogen) atoms. The second kappa shape index (κ2) is 11.9. The van der Waals surface area contributed by atoms with Crippen LogP contribution in [0.25, 0.3) is 72.3 Å². The van der Waals surface area contributed by atoms with Crippen LogP contribution in [0.1, 0.15) is 65.9 Å². The molecule has 0 atom stereocenters. The molecule has 3 heteroatoms. The molecule has 0 aliphatic heterocycles. The predicted octanol–water partition coefficient (Wildman–Crippen LogP) is 12.2. The third kappa shape index (κ3) is 4.99. The highest BCUT2D eigenvalue weighted by atomic mass is 16.3. The number of para-hydroxylation sites is 3.